The third-order valence-corrected chi connectivity index (χ3v) is 4.65. The molecule has 1 rings (SSSR count). The second-order valence-corrected chi connectivity index (χ2v) is 5.98. The van der Waals surface area contributed by atoms with Gasteiger partial charge in [0.05, 0.1) is 14.2 Å². The zero-order chi connectivity index (χ0) is 16.0. The van der Waals surface area contributed by atoms with Gasteiger partial charge < -0.3 is 9.47 Å². The fraction of sp³-hybridized carbons (Fsp3) is 0.364. The lowest BCUT2D eigenvalue weighted by atomic mass is 10.5. The number of methoxy groups -OCH3 is 2. The molecule has 0 amide bonds. The van der Waals surface area contributed by atoms with Gasteiger partial charge in [0.1, 0.15) is 23.1 Å². The third kappa shape index (κ3) is 4.38. The van der Waals surface area contributed by atoms with Crippen molar-refractivity contribution in [2.45, 2.75) is 4.90 Å². The van der Waals surface area contributed by atoms with Crippen molar-refractivity contribution in [1.82, 2.24) is 9.29 Å². The monoisotopic (exact) mass is 336 g/mol. The normalized spacial score (nSPS) is 11.2. The van der Waals surface area contributed by atoms with E-state index < -0.39 is 35.1 Å². The molecule has 0 aromatic carbocycles. The number of pyridine rings is 1. The molecule has 0 saturated heterocycles. The van der Waals surface area contributed by atoms with Gasteiger partial charge in [-0.15, -0.1) is 0 Å². The number of esters is 2. The molecule has 116 valence electrons. The van der Waals surface area contributed by atoms with Crippen LogP contribution in [0.3, 0.4) is 0 Å². The molecule has 1 aromatic heterocycles. The van der Waals surface area contributed by atoms with E-state index in [1.54, 1.807) is 0 Å². The number of halogens is 1. The van der Waals surface area contributed by atoms with E-state index in [1.165, 1.54) is 18.3 Å². The smallest absolute Gasteiger partial charge is 0.321 e. The second kappa shape index (κ2) is 7.34. The van der Waals surface area contributed by atoms with Crippen molar-refractivity contribution in [3.63, 3.8) is 0 Å². The van der Waals surface area contributed by atoms with E-state index in [2.05, 4.69) is 14.5 Å². The first-order chi connectivity index (χ1) is 9.82. The molecule has 0 aliphatic rings. The zero-order valence-electron chi connectivity index (χ0n) is 11.3. The molecule has 0 unspecified atom stereocenters. The topological polar surface area (TPSA) is 103 Å². The van der Waals surface area contributed by atoms with Crippen molar-refractivity contribution >= 4 is 33.6 Å². The standard InChI is InChI=1S/C11H13ClN2O6S/c1-19-9(15)6-14(7-10(16)20-2)21(17,18)8-4-3-5-13-11(8)12/h3-5H,6-7H2,1-2H3. The first-order valence-corrected chi connectivity index (χ1v) is 7.39. The molecule has 8 nitrogen and oxygen atoms in total. The summed E-state index contributed by atoms with van der Waals surface area (Å²) in [6, 6.07) is 2.58. The fourth-order valence-corrected chi connectivity index (χ4v) is 3.10. The molecular formula is C11H13ClN2O6S. The minimum Gasteiger partial charge on any atom is -0.468 e. The summed E-state index contributed by atoms with van der Waals surface area (Å²) in [5.41, 5.74) is 0. The van der Waals surface area contributed by atoms with Crippen LogP contribution >= 0.6 is 11.6 Å². The van der Waals surface area contributed by atoms with Crippen LogP contribution in [0.15, 0.2) is 23.2 Å². The van der Waals surface area contributed by atoms with Crippen molar-refractivity contribution in [2.75, 3.05) is 27.3 Å². The van der Waals surface area contributed by atoms with Crippen LogP contribution in [0.25, 0.3) is 0 Å². The van der Waals surface area contributed by atoms with E-state index in [0.29, 0.717) is 4.31 Å². The van der Waals surface area contributed by atoms with Crippen molar-refractivity contribution in [3.05, 3.63) is 23.5 Å². The van der Waals surface area contributed by atoms with Crippen LogP contribution in [0.5, 0.6) is 0 Å². The van der Waals surface area contributed by atoms with E-state index in [-0.39, 0.29) is 10.0 Å². The molecule has 0 aliphatic carbocycles. The van der Waals surface area contributed by atoms with Crippen molar-refractivity contribution < 1.29 is 27.5 Å². The summed E-state index contributed by atoms with van der Waals surface area (Å²) in [4.78, 5) is 26.0. The van der Waals surface area contributed by atoms with E-state index in [1.807, 2.05) is 0 Å². The van der Waals surface area contributed by atoms with E-state index in [0.717, 1.165) is 14.2 Å². The summed E-state index contributed by atoms with van der Waals surface area (Å²) < 4.78 is 34.3. The maximum Gasteiger partial charge on any atom is 0.321 e. The average molecular weight is 337 g/mol. The SMILES string of the molecule is COC(=O)CN(CC(=O)OC)S(=O)(=O)c1cccnc1Cl. The maximum absolute atomic E-state index is 12.4. The number of ether oxygens (including phenoxy) is 2. The van der Waals surface area contributed by atoms with Crippen LogP contribution in [-0.4, -0.2) is 57.0 Å². The molecule has 10 heteroatoms. The Balaban J connectivity index is 3.19. The Bertz CT molecular complexity index is 615. The number of carbonyl (C=O) groups excluding carboxylic acids is 2. The van der Waals surface area contributed by atoms with Gasteiger partial charge in [-0.05, 0) is 12.1 Å². The number of carbonyl (C=O) groups is 2. The number of hydrogen-bond donors (Lipinski definition) is 0. The Morgan fingerprint density at radius 2 is 1.76 bits per heavy atom. The number of sulfonamides is 1. The highest BCUT2D eigenvalue weighted by atomic mass is 35.5. The predicted molar refractivity (Wildman–Crippen MR) is 72.0 cm³/mol. The minimum atomic E-state index is -4.20. The number of aromatic nitrogens is 1. The summed E-state index contributed by atoms with van der Waals surface area (Å²) in [5.74, 6) is -1.66. The molecule has 0 radical (unpaired) electrons. The quantitative estimate of drug-likeness (QED) is 0.535. The van der Waals surface area contributed by atoms with Crippen molar-refractivity contribution in [3.8, 4) is 0 Å². The molecule has 0 spiro atoms. The molecular weight excluding hydrogens is 324 g/mol. The molecule has 21 heavy (non-hydrogen) atoms. The Morgan fingerprint density at radius 3 is 2.19 bits per heavy atom. The maximum atomic E-state index is 12.4. The first-order valence-electron chi connectivity index (χ1n) is 5.57. The summed E-state index contributed by atoms with van der Waals surface area (Å²) in [6.07, 6.45) is 1.31. The lowest BCUT2D eigenvalue weighted by molar-refractivity contribution is -0.143. The highest BCUT2D eigenvalue weighted by Crippen LogP contribution is 2.22. The molecule has 0 aliphatic heterocycles. The van der Waals surface area contributed by atoms with Gasteiger partial charge in [-0.25, -0.2) is 13.4 Å². The fourth-order valence-electron chi connectivity index (χ4n) is 1.35. The van der Waals surface area contributed by atoms with E-state index >= 15 is 0 Å². The van der Waals surface area contributed by atoms with Crippen LogP contribution in [0.1, 0.15) is 0 Å². The summed E-state index contributed by atoms with van der Waals surface area (Å²) in [6.45, 7) is -1.31. The summed E-state index contributed by atoms with van der Waals surface area (Å²) >= 11 is 5.74. The Morgan fingerprint density at radius 1 is 1.24 bits per heavy atom. The number of hydrogen-bond acceptors (Lipinski definition) is 7. The highest BCUT2D eigenvalue weighted by molar-refractivity contribution is 7.89. The van der Waals surface area contributed by atoms with Crippen molar-refractivity contribution in [2.24, 2.45) is 0 Å². The van der Waals surface area contributed by atoms with Crippen LogP contribution < -0.4 is 0 Å². The van der Waals surface area contributed by atoms with Crippen LogP contribution in [0, 0.1) is 0 Å². The highest BCUT2D eigenvalue weighted by Gasteiger charge is 2.31. The van der Waals surface area contributed by atoms with Crippen LogP contribution in [0.2, 0.25) is 5.15 Å². The zero-order valence-corrected chi connectivity index (χ0v) is 12.8. The molecule has 1 heterocycles. The van der Waals surface area contributed by atoms with Crippen LogP contribution in [0.4, 0.5) is 0 Å². The number of rotatable bonds is 6. The lowest BCUT2D eigenvalue weighted by Gasteiger charge is -2.20. The second-order valence-electron chi connectivity index (χ2n) is 3.72. The van der Waals surface area contributed by atoms with Gasteiger partial charge >= 0.3 is 11.9 Å². The van der Waals surface area contributed by atoms with Gasteiger partial charge in [0.15, 0.2) is 0 Å². The van der Waals surface area contributed by atoms with Gasteiger partial charge in [-0.1, -0.05) is 11.6 Å². The molecule has 0 atom stereocenters. The number of nitrogens with zero attached hydrogens (tertiary/aromatic N) is 2. The predicted octanol–water partition coefficient (Wildman–Crippen LogP) is 0.0717. The molecule has 0 saturated carbocycles. The molecule has 1 aromatic rings. The Labute approximate surface area is 126 Å². The summed E-state index contributed by atoms with van der Waals surface area (Å²) in [5, 5.41) is -0.266. The Kier molecular flexibility index (Phi) is 6.06. The van der Waals surface area contributed by atoms with Gasteiger partial charge in [-0.3, -0.25) is 9.59 Å². The van der Waals surface area contributed by atoms with Gasteiger partial charge in [0, 0.05) is 6.20 Å². The van der Waals surface area contributed by atoms with E-state index in [9.17, 15) is 18.0 Å². The molecule has 0 bridgehead atoms. The largest absolute Gasteiger partial charge is 0.468 e. The van der Waals surface area contributed by atoms with Gasteiger partial charge in [0.2, 0.25) is 10.0 Å². The van der Waals surface area contributed by atoms with Gasteiger partial charge in [-0.2, -0.15) is 4.31 Å². The van der Waals surface area contributed by atoms with Crippen LogP contribution in [-0.2, 0) is 29.1 Å². The Hall–Kier alpha value is -1.71. The molecule has 0 N–H and O–H groups in total. The van der Waals surface area contributed by atoms with E-state index in [4.69, 9.17) is 11.6 Å². The minimum absolute atomic E-state index is 0.266. The lowest BCUT2D eigenvalue weighted by Crippen LogP contribution is -2.40. The van der Waals surface area contributed by atoms with Gasteiger partial charge in [0.25, 0.3) is 0 Å². The molecule has 0 fully saturated rings. The average Bonchev–Trinajstić information content (AvgIpc) is 2.46. The first kappa shape index (κ1) is 17.3. The summed E-state index contributed by atoms with van der Waals surface area (Å²) in [7, 11) is -2.01. The third-order valence-electron chi connectivity index (χ3n) is 2.41. The van der Waals surface area contributed by atoms with Crippen molar-refractivity contribution in [1.29, 1.82) is 0 Å².